The van der Waals surface area contributed by atoms with E-state index in [1.165, 1.54) is 0 Å². The van der Waals surface area contributed by atoms with Gasteiger partial charge in [0.1, 0.15) is 0 Å². The first kappa shape index (κ1) is 22.2. The van der Waals surface area contributed by atoms with Gasteiger partial charge in [0, 0.05) is 24.4 Å². The number of benzene rings is 1. The van der Waals surface area contributed by atoms with Crippen molar-refractivity contribution in [3.63, 3.8) is 0 Å². The Kier molecular flexibility index (Phi) is 8.21. The lowest BCUT2D eigenvalue weighted by atomic mass is 9.97. The van der Waals surface area contributed by atoms with Crippen LogP contribution in [0.4, 0.5) is 5.69 Å². The van der Waals surface area contributed by atoms with Crippen LogP contribution in [0.15, 0.2) is 24.3 Å². The van der Waals surface area contributed by atoms with Gasteiger partial charge in [-0.3, -0.25) is 19.3 Å². The van der Waals surface area contributed by atoms with Gasteiger partial charge >= 0.3 is 5.97 Å². The van der Waals surface area contributed by atoms with Crippen LogP contribution in [-0.4, -0.2) is 68.2 Å². The number of carbonyl (C=O) groups excluding carboxylic acids is 3. The lowest BCUT2D eigenvalue weighted by molar-refractivity contribution is -0.149. The summed E-state index contributed by atoms with van der Waals surface area (Å²) in [5.41, 5.74) is 1.09. The number of likely N-dealkylation sites (tertiary alicyclic amines) is 1. The number of rotatable bonds is 8. The average molecular weight is 418 g/mol. The highest BCUT2D eigenvalue weighted by atomic mass is 16.5. The summed E-state index contributed by atoms with van der Waals surface area (Å²) in [5, 5.41) is 5.75. The van der Waals surface area contributed by atoms with Crippen molar-refractivity contribution in [2.24, 2.45) is 5.92 Å². The maximum Gasteiger partial charge on any atom is 0.309 e. The van der Waals surface area contributed by atoms with E-state index in [2.05, 4.69) is 10.6 Å². The molecule has 0 bridgehead atoms. The smallest absolute Gasteiger partial charge is 0.309 e. The zero-order valence-corrected chi connectivity index (χ0v) is 17.5. The number of anilines is 1. The fourth-order valence-electron chi connectivity index (χ4n) is 3.84. The van der Waals surface area contributed by atoms with Crippen molar-refractivity contribution in [1.82, 2.24) is 10.2 Å². The Morgan fingerprint density at radius 1 is 1.20 bits per heavy atom. The number of esters is 1. The fourth-order valence-corrected chi connectivity index (χ4v) is 3.84. The summed E-state index contributed by atoms with van der Waals surface area (Å²) < 4.78 is 10.6. The molecule has 2 fully saturated rings. The van der Waals surface area contributed by atoms with Gasteiger partial charge in [0.05, 0.1) is 25.2 Å². The molecule has 2 aliphatic rings. The predicted molar refractivity (Wildman–Crippen MR) is 112 cm³/mol. The zero-order valence-electron chi connectivity index (χ0n) is 17.5. The molecule has 1 atom stereocenters. The average Bonchev–Trinajstić information content (AvgIpc) is 3.26. The number of nitrogens with zero attached hydrogens (tertiary/aromatic N) is 1. The van der Waals surface area contributed by atoms with Crippen LogP contribution in [0.25, 0.3) is 0 Å². The van der Waals surface area contributed by atoms with E-state index in [4.69, 9.17) is 9.47 Å². The molecule has 0 aromatic heterocycles. The van der Waals surface area contributed by atoms with E-state index in [-0.39, 0.29) is 36.4 Å². The Labute approximate surface area is 177 Å². The molecular formula is C22H31N3O5. The van der Waals surface area contributed by atoms with Gasteiger partial charge in [-0.15, -0.1) is 0 Å². The number of hydrogen-bond acceptors (Lipinski definition) is 6. The molecule has 0 radical (unpaired) electrons. The molecule has 164 valence electrons. The lowest BCUT2D eigenvalue weighted by Crippen LogP contribution is -2.41. The van der Waals surface area contributed by atoms with Crippen LogP contribution in [0.2, 0.25) is 0 Å². The normalized spacial score (nSPS) is 20.0. The Balaban J connectivity index is 1.43. The molecule has 3 rings (SSSR count). The Morgan fingerprint density at radius 2 is 2.00 bits per heavy atom. The molecular weight excluding hydrogens is 386 g/mol. The first-order valence-corrected chi connectivity index (χ1v) is 10.7. The molecule has 2 aliphatic heterocycles. The molecule has 2 N–H and O–H groups in total. The Bertz CT molecular complexity index is 740. The summed E-state index contributed by atoms with van der Waals surface area (Å²) in [5.74, 6) is -0.533. The number of carbonyl (C=O) groups is 3. The van der Waals surface area contributed by atoms with Gasteiger partial charge in [-0.05, 0) is 63.9 Å². The lowest BCUT2D eigenvalue weighted by Gasteiger charge is -2.30. The van der Waals surface area contributed by atoms with E-state index in [9.17, 15) is 14.4 Å². The van der Waals surface area contributed by atoms with E-state index in [1.807, 2.05) is 4.90 Å². The van der Waals surface area contributed by atoms with E-state index in [0.717, 1.165) is 19.4 Å². The SMILES string of the molecule is CCOC(=O)C1CCN(CC(=O)Nc2cccc(C(=O)NCC3CCCO3)c2)CC1. The van der Waals surface area contributed by atoms with Gasteiger partial charge in [-0.2, -0.15) is 0 Å². The standard InChI is InChI=1S/C22H31N3O5/c1-2-29-22(28)16-8-10-25(11-9-16)15-20(26)24-18-6-3-5-17(13-18)21(27)23-14-19-7-4-12-30-19/h3,5-6,13,16,19H,2,4,7-12,14-15H2,1H3,(H,23,27)(H,24,26). The molecule has 8 nitrogen and oxygen atoms in total. The third kappa shape index (κ3) is 6.53. The van der Waals surface area contributed by atoms with Crippen molar-refractivity contribution in [2.45, 2.75) is 38.7 Å². The second-order valence-electron chi connectivity index (χ2n) is 7.78. The van der Waals surface area contributed by atoms with Crippen molar-refractivity contribution in [1.29, 1.82) is 0 Å². The third-order valence-electron chi connectivity index (χ3n) is 5.50. The van der Waals surface area contributed by atoms with E-state index < -0.39 is 0 Å². The molecule has 0 spiro atoms. The van der Waals surface area contributed by atoms with E-state index in [0.29, 0.717) is 50.3 Å². The third-order valence-corrected chi connectivity index (χ3v) is 5.50. The molecule has 2 saturated heterocycles. The van der Waals surface area contributed by atoms with Crippen molar-refractivity contribution < 1.29 is 23.9 Å². The van der Waals surface area contributed by atoms with Crippen molar-refractivity contribution in [3.05, 3.63) is 29.8 Å². The van der Waals surface area contributed by atoms with Gasteiger partial charge in [0.25, 0.3) is 5.91 Å². The highest BCUT2D eigenvalue weighted by molar-refractivity contribution is 5.97. The van der Waals surface area contributed by atoms with Crippen molar-refractivity contribution in [2.75, 3.05) is 44.7 Å². The van der Waals surface area contributed by atoms with Crippen LogP contribution in [-0.2, 0) is 19.1 Å². The Morgan fingerprint density at radius 3 is 2.70 bits per heavy atom. The maximum atomic E-state index is 12.4. The quantitative estimate of drug-likeness (QED) is 0.626. The van der Waals surface area contributed by atoms with Crippen molar-refractivity contribution in [3.8, 4) is 0 Å². The predicted octanol–water partition coefficient (Wildman–Crippen LogP) is 1.81. The fraction of sp³-hybridized carbons (Fsp3) is 0.591. The summed E-state index contributed by atoms with van der Waals surface area (Å²) in [4.78, 5) is 38.6. The maximum absolute atomic E-state index is 12.4. The minimum atomic E-state index is -0.178. The zero-order chi connectivity index (χ0) is 21.3. The summed E-state index contributed by atoms with van der Waals surface area (Å²) in [6, 6.07) is 6.92. The van der Waals surface area contributed by atoms with E-state index in [1.54, 1.807) is 31.2 Å². The van der Waals surface area contributed by atoms with Crippen molar-refractivity contribution >= 4 is 23.5 Å². The van der Waals surface area contributed by atoms with Crippen LogP contribution in [0.5, 0.6) is 0 Å². The highest BCUT2D eigenvalue weighted by Crippen LogP contribution is 2.19. The number of nitrogens with one attached hydrogen (secondary N) is 2. The minimum Gasteiger partial charge on any atom is -0.466 e. The second kappa shape index (κ2) is 11.1. The van der Waals surface area contributed by atoms with Crippen LogP contribution in [0.1, 0.15) is 43.0 Å². The molecule has 1 aromatic carbocycles. The monoisotopic (exact) mass is 417 g/mol. The number of ether oxygens (including phenoxy) is 2. The molecule has 1 unspecified atom stereocenters. The summed E-state index contributed by atoms with van der Waals surface area (Å²) >= 11 is 0. The number of piperidine rings is 1. The minimum absolute atomic E-state index is 0.0749. The molecule has 0 saturated carbocycles. The summed E-state index contributed by atoms with van der Waals surface area (Å²) in [6.45, 7) is 5.07. The van der Waals surface area contributed by atoms with Crippen LogP contribution < -0.4 is 10.6 Å². The number of amides is 2. The van der Waals surface area contributed by atoms with Crippen LogP contribution in [0.3, 0.4) is 0 Å². The number of hydrogen-bond donors (Lipinski definition) is 2. The largest absolute Gasteiger partial charge is 0.466 e. The second-order valence-corrected chi connectivity index (χ2v) is 7.78. The van der Waals surface area contributed by atoms with Gasteiger partial charge in [-0.25, -0.2) is 0 Å². The topological polar surface area (TPSA) is 97.0 Å². The van der Waals surface area contributed by atoms with Gasteiger partial charge in [0.15, 0.2) is 0 Å². The first-order chi connectivity index (χ1) is 14.5. The summed E-state index contributed by atoms with van der Waals surface area (Å²) in [6.07, 6.45) is 3.49. The molecule has 8 heteroatoms. The molecule has 2 heterocycles. The van der Waals surface area contributed by atoms with Gasteiger partial charge < -0.3 is 20.1 Å². The molecule has 30 heavy (non-hydrogen) atoms. The Hall–Kier alpha value is -2.45. The highest BCUT2D eigenvalue weighted by Gasteiger charge is 2.26. The van der Waals surface area contributed by atoms with Gasteiger partial charge in [0.2, 0.25) is 5.91 Å². The first-order valence-electron chi connectivity index (χ1n) is 10.7. The summed E-state index contributed by atoms with van der Waals surface area (Å²) in [7, 11) is 0. The van der Waals surface area contributed by atoms with Crippen LogP contribution >= 0.6 is 0 Å². The van der Waals surface area contributed by atoms with Gasteiger partial charge in [-0.1, -0.05) is 6.07 Å². The molecule has 1 aromatic rings. The molecule has 2 amide bonds. The van der Waals surface area contributed by atoms with E-state index >= 15 is 0 Å². The molecule has 0 aliphatic carbocycles. The van der Waals surface area contributed by atoms with Crippen LogP contribution in [0, 0.1) is 5.92 Å².